The van der Waals surface area contributed by atoms with Crippen LogP contribution in [0.3, 0.4) is 0 Å². The number of aromatic nitrogens is 2. The van der Waals surface area contributed by atoms with Gasteiger partial charge in [-0.3, -0.25) is 10.1 Å². The summed E-state index contributed by atoms with van der Waals surface area (Å²) < 4.78 is 3.11. The van der Waals surface area contributed by atoms with Gasteiger partial charge in [-0.1, -0.05) is 41.1 Å². The second-order valence-electron chi connectivity index (χ2n) is 5.71. The topological polar surface area (TPSA) is 54.9 Å². The molecule has 0 aliphatic heterocycles. The third kappa shape index (κ3) is 2.51. The van der Waals surface area contributed by atoms with Crippen molar-refractivity contribution in [2.24, 2.45) is 0 Å². The number of fused-ring (bicyclic) bond motifs is 4. The van der Waals surface area contributed by atoms with E-state index in [0.29, 0.717) is 15.0 Å². The number of carbonyl (C=O) groups is 1. The summed E-state index contributed by atoms with van der Waals surface area (Å²) >= 11 is 10.9. The second-order valence-corrected chi connectivity index (χ2v) is 9.37. The zero-order valence-electron chi connectivity index (χ0n) is 13.4. The number of carbonyl (C=O) groups excluding carboxylic acids is 1. The molecule has 0 atom stereocenters. The Morgan fingerprint density at radius 2 is 1.88 bits per heavy atom. The Morgan fingerprint density at radius 3 is 2.73 bits per heavy atom. The first-order chi connectivity index (χ1) is 12.6. The maximum absolute atomic E-state index is 12.7. The highest BCUT2D eigenvalue weighted by molar-refractivity contribution is 7.25. The van der Waals surface area contributed by atoms with Crippen molar-refractivity contribution < 1.29 is 4.79 Å². The molecule has 0 saturated heterocycles. The van der Waals surface area contributed by atoms with Crippen LogP contribution in [0.5, 0.6) is 0 Å². The molecule has 0 aliphatic carbocycles. The third-order valence-corrected chi connectivity index (χ3v) is 7.59. The summed E-state index contributed by atoms with van der Waals surface area (Å²) in [5.41, 5.74) is 1.79. The van der Waals surface area contributed by atoms with Gasteiger partial charge in [0.2, 0.25) is 0 Å². The number of aryl methyl sites for hydroxylation is 1. The van der Waals surface area contributed by atoms with Crippen LogP contribution >= 0.6 is 45.6 Å². The number of thiazole rings is 2. The molecule has 5 rings (SSSR count). The molecule has 0 unspecified atom stereocenters. The number of anilines is 1. The fraction of sp³-hybridized carbons (Fsp3) is 0.0556. The number of benzene rings is 2. The van der Waals surface area contributed by atoms with Crippen molar-refractivity contribution in [3.05, 3.63) is 51.3 Å². The highest BCUT2D eigenvalue weighted by atomic mass is 35.5. The number of amides is 1. The van der Waals surface area contributed by atoms with Crippen LogP contribution < -0.4 is 5.32 Å². The maximum atomic E-state index is 12.7. The number of hydrogen-bond acceptors (Lipinski definition) is 6. The van der Waals surface area contributed by atoms with Crippen LogP contribution in [0.25, 0.3) is 30.5 Å². The van der Waals surface area contributed by atoms with Gasteiger partial charge in [-0.2, -0.15) is 0 Å². The molecule has 0 radical (unpaired) electrons. The summed E-state index contributed by atoms with van der Waals surface area (Å²) in [7, 11) is 0. The molecule has 0 aliphatic rings. The number of halogens is 1. The molecule has 1 N–H and O–H groups in total. The van der Waals surface area contributed by atoms with E-state index in [0.717, 1.165) is 35.5 Å². The van der Waals surface area contributed by atoms with Gasteiger partial charge in [-0.25, -0.2) is 9.97 Å². The minimum absolute atomic E-state index is 0.235. The van der Waals surface area contributed by atoms with Gasteiger partial charge in [0.1, 0.15) is 10.4 Å². The molecule has 5 aromatic rings. The zero-order valence-corrected chi connectivity index (χ0v) is 16.6. The van der Waals surface area contributed by atoms with Crippen LogP contribution in [-0.4, -0.2) is 15.9 Å². The molecule has 26 heavy (non-hydrogen) atoms. The number of thiophene rings is 1. The van der Waals surface area contributed by atoms with Gasteiger partial charge in [-0.05, 0) is 25.1 Å². The predicted molar refractivity (Wildman–Crippen MR) is 112 cm³/mol. The van der Waals surface area contributed by atoms with E-state index < -0.39 is 0 Å². The molecule has 4 nitrogen and oxygen atoms in total. The van der Waals surface area contributed by atoms with Gasteiger partial charge in [0.05, 0.1) is 24.9 Å². The largest absolute Gasteiger partial charge is 0.297 e. The highest BCUT2D eigenvalue weighted by Crippen LogP contribution is 2.37. The molecule has 8 heteroatoms. The first-order valence-electron chi connectivity index (χ1n) is 7.75. The summed E-state index contributed by atoms with van der Waals surface area (Å²) in [6.07, 6.45) is 0. The molecule has 1 amide bonds. The van der Waals surface area contributed by atoms with E-state index in [4.69, 9.17) is 11.6 Å². The van der Waals surface area contributed by atoms with E-state index >= 15 is 0 Å². The summed E-state index contributed by atoms with van der Waals surface area (Å²) in [6.45, 7) is 1.99. The zero-order chi connectivity index (χ0) is 17.8. The van der Waals surface area contributed by atoms with Crippen LogP contribution in [-0.2, 0) is 0 Å². The van der Waals surface area contributed by atoms with E-state index in [1.165, 1.54) is 22.7 Å². The van der Waals surface area contributed by atoms with Gasteiger partial charge in [0, 0.05) is 10.1 Å². The fourth-order valence-corrected chi connectivity index (χ4v) is 6.12. The molecule has 0 spiro atoms. The van der Waals surface area contributed by atoms with Gasteiger partial charge >= 0.3 is 0 Å². The molecule has 0 fully saturated rings. The molecule has 3 aromatic heterocycles. The van der Waals surface area contributed by atoms with Crippen molar-refractivity contribution in [3.8, 4) is 0 Å². The average Bonchev–Trinajstić information content (AvgIpc) is 3.29. The Kier molecular flexibility index (Phi) is 3.72. The molecule has 2 aromatic carbocycles. The summed E-state index contributed by atoms with van der Waals surface area (Å²) in [6, 6.07) is 11.7. The quantitative estimate of drug-likeness (QED) is 0.366. The summed E-state index contributed by atoms with van der Waals surface area (Å²) in [4.78, 5) is 22.3. The van der Waals surface area contributed by atoms with Crippen molar-refractivity contribution in [2.45, 2.75) is 6.92 Å². The van der Waals surface area contributed by atoms with Gasteiger partial charge in [0.15, 0.2) is 5.13 Å². The Bertz CT molecular complexity index is 1320. The SMILES string of the molecule is Cc1nc2c(ccc3nc(NC(=O)c4sc5ccccc5c4Cl)sc32)s1. The Labute approximate surface area is 165 Å². The Morgan fingerprint density at radius 1 is 1.04 bits per heavy atom. The minimum atomic E-state index is -0.235. The van der Waals surface area contributed by atoms with Crippen molar-refractivity contribution >= 4 is 87.2 Å². The average molecular weight is 416 g/mol. The molecule has 128 valence electrons. The lowest BCUT2D eigenvalue weighted by Gasteiger charge is -1.98. The van der Waals surface area contributed by atoms with Crippen LogP contribution in [0.1, 0.15) is 14.7 Å². The van der Waals surface area contributed by atoms with Crippen LogP contribution in [0, 0.1) is 6.92 Å². The highest BCUT2D eigenvalue weighted by Gasteiger charge is 2.19. The first kappa shape index (κ1) is 16.1. The summed E-state index contributed by atoms with van der Waals surface area (Å²) in [5.74, 6) is -0.235. The molecule has 0 bridgehead atoms. The lowest BCUT2D eigenvalue weighted by Crippen LogP contribution is -2.10. The second kappa shape index (κ2) is 5.99. The minimum Gasteiger partial charge on any atom is -0.297 e. The van der Waals surface area contributed by atoms with E-state index in [1.54, 1.807) is 11.3 Å². The Hall–Kier alpha value is -2.06. The number of nitrogens with zero attached hydrogens (tertiary/aromatic N) is 2. The third-order valence-electron chi connectivity index (χ3n) is 3.98. The van der Waals surface area contributed by atoms with Crippen LogP contribution in [0.2, 0.25) is 5.02 Å². The fourth-order valence-electron chi connectivity index (χ4n) is 2.86. The molecule has 3 heterocycles. The van der Waals surface area contributed by atoms with Gasteiger partial charge < -0.3 is 0 Å². The standard InChI is InChI=1S/C18H10ClN3OS3/c1-8-20-14-12(24-8)7-6-10-15(14)26-18(21-10)22-17(23)16-13(19)9-4-2-3-5-11(9)25-16/h2-7H,1H3,(H,21,22,23). The normalized spacial score (nSPS) is 11.6. The smallest absolute Gasteiger partial charge is 0.269 e. The molecule has 0 saturated carbocycles. The van der Waals surface area contributed by atoms with Crippen LogP contribution in [0.4, 0.5) is 5.13 Å². The number of hydrogen-bond donors (Lipinski definition) is 1. The van der Waals surface area contributed by atoms with E-state index in [-0.39, 0.29) is 5.91 Å². The van der Waals surface area contributed by atoms with Crippen LogP contribution in [0.15, 0.2) is 36.4 Å². The first-order valence-corrected chi connectivity index (χ1v) is 10.6. The van der Waals surface area contributed by atoms with E-state index in [9.17, 15) is 4.79 Å². The van der Waals surface area contributed by atoms with Gasteiger partial charge in [-0.15, -0.1) is 22.7 Å². The maximum Gasteiger partial charge on any atom is 0.269 e. The molecular weight excluding hydrogens is 406 g/mol. The van der Waals surface area contributed by atoms with Crippen molar-refractivity contribution in [3.63, 3.8) is 0 Å². The summed E-state index contributed by atoms with van der Waals surface area (Å²) in [5, 5.41) is 5.84. The van der Waals surface area contributed by atoms with E-state index in [1.807, 2.05) is 43.3 Å². The van der Waals surface area contributed by atoms with Crippen molar-refractivity contribution in [1.29, 1.82) is 0 Å². The number of nitrogens with one attached hydrogen (secondary N) is 1. The lowest BCUT2D eigenvalue weighted by atomic mass is 10.2. The monoisotopic (exact) mass is 415 g/mol. The van der Waals surface area contributed by atoms with Gasteiger partial charge in [0.25, 0.3) is 5.91 Å². The van der Waals surface area contributed by atoms with E-state index in [2.05, 4.69) is 15.3 Å². The van der Waals surface area contributed by atoms with Crippen molar-refractivity contribution in [1.82, 2.24) is 9.97 Å². The predicted octanol–water partition coefficient (Wildman–Crippen LogP) is 6.33. The number of rotatable bonds is 2. The molecular formula is C18H10ClN3OS3. The Balaban J connectivity index is 1.54. The van der Waals surface area contributed by atoms with Crippen molar-refractivity contribution in [2.75, 3.05) is 5.32 Å². The lowest BCUT2D eigenvalue weighted by molar-refractivity contribution is 0.103.